The van der Waals surface area contributed by atoms with Gasteiger partial charge in [-0.1, -0.05) is 25.5 Å². The molecule has 0 heterocycles. The van der Waals surface area contributed by atoms with Gasteiger partial charge in [0.2, 0.25) is 0 Å². The van der Waals surface area contributed by atoms with Crippen LogP contribution in [0.15, 0.2) is 23.3 Å². The van der Waals surface area contributed by atoms with E-state index in [-0.39, 0.29) is 5.78 Å². The topological polar surface area (TPSA) is 17.1 Å². The molecule has 13 heavy (non-hydrogen) atoms. The van der Waals surface area contributed by atoms with Crippen LogP contribution in [0.1, 0.15) is 40.0 Å². The van der Waals surface area contributed by atoms with E-state index in [2.05, 4.69) is 26.8 Å². The molecule has 0 amide bonds. The van der Waals surface area contributed by atoms with E-state index in [1.807, 2.05) is 0 Å². The summed E-state index contributed by atoms with van der Waals surface area (Å²) in [5.74, 6) is 0.868. The molecule has 0 saturated carbocycles. The van der Waals surface area contributed by atoms with Crippen LogP contribution < -0.4 is 0 Å². The lowest BCUT2D eigenvalue weighted by atomic mass is 9.94. The van der Waals surface area contributed by atoms with Crippen LogP contribution in [0, 0.1) is 5.92 Å². The lowest BCUT2D eigenvalue weighted by molar-refractivity contribution is -0.115. The number of allylic oxidation sites excluding steroid dienone is 4. The van der Waals surface area contributed by atoms with Gasteiger partial charge in [-0.15, -0.1) is 0 Å². The Hall–Kier alpha value is -0.850. The van der Waals surface area contributed by atoms with Crippen molar-refractivity contribution < 1.29 is 4.79 Å². The number of carbonyl (C=O) groups is 1. The minimum atomic E-state index is 0.286. The van der Waals surface area contributed by atoms with Gasteiger partial charge in [-0.2, -0.15) is 0 Å². The van der Waals surface area contributed by atoms with Gasteiger partial charge in [-0.25, -0.2) is 0 Å². The molecular formula is C12H18O. The van der Waals surface area contributed by atoms with Gasteiger partial charge in [0.15, 0.2) is 5.78 Å². The molecule has 1 rings (SSSR count). The quantitative estimate of drug-likeness (QED) is 0.634. The number of hydrogen-bond donors (Lipinski definition) is 0. The minimum Gasteiger partial charge on any atom is -0.295 e. The molecule has 0 spiro atoms. The molecule has 0 aromatic rings. The first-order valence-electron chi connectivity index (χ1n) is 5.01. The molecular weight excluding hydrogens is 160 g/mol. The highest BCUT2D eigenvalue weighted by Crippen LogP contribution is 2.19. The van der Waals surface area contributed by atoms with Gasteiger partial charge in [-0.3, -0.25) is 4.79 Å². The van der Waals surface area contributed by atoms with Crippen LogP contribution in [-0.4, -0.2) is 5.78 Å². The van der Waals surface area contributed by atoms with Crippen LogP contribution in [0.5, 0.6) is 0 Å². The highest BCUT2D eigenvalue weighted by atomic mass is 16.1. The Morgan fingerprint density at radius 1 is 1.46 bits per heavy atom. The van der Waals surface area contributed by atoms with Crippen molar-refractivity contribution in [3.8, 4) is 0 Å². The molecule has 0 unspecified atom stereocenters. The molecule has 72 valence electrons. The fourth-order valence-electron chi connectivity index (χ4n) is 1.39. The Labute approximate surface area is 80.5 Å². The largest absolute Gasteiger partial charge is 0.295 e. The maximum Gasteiger partial charge on any atom is 0.155 e. The smallest absolute Gasteiger partial charge is 0.155 e. The molecule has 0 bridgehead atoms. The second-order valence-electron chi connectivity index (χ2n) is 4.08. The standard InChI is InChI=1S/C12H18O/c1-9(2)10(3)7-11-5-4-6-12(13)8-11/h7-9H,4-6H2,1-3H3. The first-order chi connectivity index (χ1) is 6.09. The summed E-state index contributed by atoms with van der Waals surface area (Å²) in [5.41, 5.74) is 2.57. The maximum atomic E-state index is 11.1. The first kappa shape index (κ1) is 10.2. The van der Waals surface area contributed by atoms with Gasteiger partial charge >= 0.3 is 0 Å². The minimum absolute atomic E-state index is 0.286. The lowest BCUT2D eigenvalue weighted by Crippen LogP contribution is -2.02. The van der Waals surface area contributed by atoms with E-state index in [0.717, 1.165) is 19.3 Å². The van der Waals surface area contributed by atoms with Crippen molar-refractivity contribution in [2.75, 3.05) is 0 Å². The van der Waals surface area contributed by atoms with Crippen molar-refractivity contribution >= 4 is 5.78 Å². The van der Waals surface area contributed by atoms with Crippen molar-refractivity contribution in [2.45, 2.75) is 40.0 Å². The summed E-state index contributed by atoms with van der Waals surface area (Å²) in [4.78, 5) is 11.1. The zero-order valence-corrected chi connectivity index (χ0v) is 8.76. The molecule has 0 aromatic heterocycles. The van der Waals surface area contributed by atoms with E-state index in [1.54, 1.807) is 6.08 Å². The third-order valence-electron chi connectivity index (χ3n) is 2.56. The molecule has 1 heteroatoms. The predicted molar refractivity (Wildman–Crippen MR) is 55.5 cm³/mol. The molecule has 0 radical (unpaired) electrons. The maximum absolute atomic E-state index is 11.1. The third kappa shape index (κ3) is 3.17. The Morgan fingerprint density at radius 2 is 2.15 bits per heavy atom. The van der Waals surface area contributed by atoms with Crippen LogP contribution in [-0.2, 0) is 4.79 Å². The monoisotopic (exact) mass is 178 g/mol. The molecule has 0 atom stereocenters. The van der Waals surface area contributed by atoms with Crippen molar-refractivity contribution in [1.29, 1.82) is 0 Å². The van der Waals surface area contributed by atoms with Crippen LogP contribution >= 0.6 is 0 Å². The van der Waals surface area contributed by atoms with Crippen LogP contribution in [0.4, 0.5) is 0 Å². The molecule has 0 saturated heterocycles. The van der Waals surface area contributed by atoms with E-state index in [0.29, 0.717) is 5.92 Å². The van der Waals surface area contributed by atoms with Crippen molar-refractivity contribution in [1.82, 2.24) is 0 Å². The summed E-state index contributed by atoms with van der Waals surface area (Å²) in [6.45, 7) is 6.48. The zero-order chi connectivity index (χ0) is 9.84. The summed E-state index contributed by atoms with van der Waals surface area (Å²) in [7, 11) is 0. The lowest BCUT2D eigenvalue weighted by Gasteiger charge is -2.11. The number of hydrogen-bond acceptors (Lipinski definition) is 1. The summed E-state index contributed by atoms with van der Waals surface area (Å²) in [5, 5.41) is 0. The van der Waals surface area contributed by atoms with Crippen molar-refractivity contribution in [2.24, 2.45) is 5.92 Å². The Kier molecular flexibility index (Phi) is 3.47. The highest BCUT2D eigenvalue weighted by molar-refractivity contribution is 5.91. The Balaban J connectivity index is 2.72. The second kappa shape index (κ2) is 4.40. The van der Waals surface area contributed by atoms with E-state index in [4.69, 9.17) is 0 Å². The van der Waals surface area contributed by atoms with E-state index in [9.17, 15) is 4.79 Å². The van der Waals surface area contributed by atoms with E-state index >= 15 is 0 Å². The van der Waals surface area contributed by atoms with Crippen LogP contribution in [0.25, 0.3) is 0 Å². The summed E-state index contributed by atoms with van der Waals surface area (Å²) in [6, 6.07) is 0. The Morgan fingerprint density at radius 3 is 2.69 bits per heavy atom. The first-order valence-corrected chi connectivity index (χ1v) is 5.01. The van der Waals surface area contributed by atoms with Crippen LogP contribution in [0.2, 0.25) is 0 Å². The number of rotatable bonds is 2. The summed E-state index contributed by atoms with van der Waals surface area (Å²) >= 11 is 0. The molecule has 0 N–H and O–H groups in total. The molecule has 1 aliphatic carbocycles. The van der Waals surface area contributed by atoms with Gasteiger partial charge in [-0.05, 0) is 37.3 Å². The summed E-state index contributed by atoms with van der Waals surface area (Å²) in [6.07, 6.45) is 6.79. The molecule has 1 nitrogen and oxygen atoms in total. The van der Waals surface area contributed by atoms with Crippen molar-refractivity contribution in [3.05, 3.63) is 23.3 Å². The Bertz CT molecular complexity index is 256. The second-order valence-corrected chi connectivity index (χ2v) is 4.08. The average Bonchev–Trinajstić information content (AvgIpc) is 2.04. The van der Waals surface area contributed by atoms with Gasteiger partial charge in [0.1, 0.15) is 0 Å². The van der Waals surface area contributed by atoms with E-state index < -0.39 is 0 Å². The van der Waals surface area contributed by atoms with Gasteiger partial charge in [0.05, 0.1) is 0 Å². The van der Waals surface area contributed by atoms with Gasteiger partial charge in [0, 0.05) is 6.42 Å². The zero-order valence-electron chi connectivity index (χ0n) is 8.76. The third-order valence-corrected chi connectivity index (χ3v) is 2.56. The van der Waals surface area contributed by atoms with Crippen molar-refractivity contribution in [3.63, 3.8) is 0 Å². The number of ketones is 1. The van der Waals surface area contributed by atoms with E-state index in [1.165, 1.54) is 11.1 Å². The van der Waals surface area contributed by atoms with Gasteiger partial charge in [0.25, 0.3) is 0 Å². The summed E-state index contributed by atoms with van der Waals surface area (Å²) < 4.78 is 0. The number of carbonyl (C=O) groups excluding carboxylic acids is 1. The molecule has 0 fully saturated rings. The van der Waals surface area contributed by atoms with Gasteiger partial charge < -0.3 is 0 Å². The predicted octanol–water partition coefficient (Wildman–Crippen LogP) is 3.27. The molecule has 1 aliphatic rings. The molecule has 0 aromatic carbocycles. The fourth-order valence-corrected chi connectivity index (χ4v) is 1.39. The normalized spacial score (nSPS) is 19.2. The van der Waals surface area contributed by atoms with Crippen LogP contribution in [0.3, 0.4) is 0 Å². The molecule has 0 aliphatic heterocycles. The SMILES string of the molecule is CC(=CC1=CC(=O)CCC1)C(C)C. The highest BCUT2D eigenvalue weighted by Gasteiger charge is 2.08. The fraction of sp³-hybridized carbons (Fsp3) is 0.583. The average molecular weight is 178 g/mol.